The quantitative estimate of drug-likeness (QED) is 0.708. The van der Waals surface area contributed by atoms with E-state index >= 15 is 0 Å². The number of rotatable bonds is 5. The largest absolute Gasteiger partial charge is 0.497 e. The summed E-state index contributed by atoms with van der Waals surface area (Å²) in [6, 6.07) is 8.47. The molecule has 25 heavy (non-hydrogen) atoms. The Morgan fingerprint density at radius 1 is 1.20 bits per heavy atom. The first-order valence-electron chi connectivity index (χ1n) is 7.30. The van der Waals surface area contributed by atoms with Crippen LogP contribution in [-0.4, -0.2) is 34.9 Å². The standard InChI is InChI=1S/C17H15BrN4O3/c1-24-13-6-11(7-14(8-13)25-2)17(23)21-15-4-3-5-19-16(15)22-10-12(18)9-20-22/h3-10H,1-2H3,(H,21,23). The summed E-state index contributed by atoms with van der Waals surface area (Å²) in [6.07, 6.45) is 5.04. The van der Waals surface area contributed by atoms with Crippen LogP contribution in [0.5, 0.6) is 11.5 Å². The highest BCUT2D eigenvalue weighted by molar-refractivity contribution is 9.10. The second kappa shape index (κ2) is 7.35. The molecule has 1 amide bonds. The summed E-state index contributed by atoms with van der Waals surface area (Å²) in [6.45, 7) is 0. The van der Waals surface area contributed by atoms with Crippen LogP contribution >= 0.6 is 15.9 Å². The van der Waals surface area contributed by atoms with Gasteiger partial charge >= 0.3 is 0 Å². The monoisotopic (exact) mass is 402 g/mol. The van der Waals surface area contributed by atoms with Crippen LogP contribution in [0.2, 0.25) is 0 Å². The average Bonchev–Trinajstić information content (AvgIpc) is 3.07. The van der Waals surface area contributed by atoms with Crippen LogP contribution in [0, 0.1) is 0 Å². The molecule has 0 bridgehead atoms. The summed E-state index contributed by atoms with van der Waals surface area (Å²) in [4.78, 5) is 16.9. The number of anilines is 1. The molecule has 0 fully saturated rings. The highest BCUT2D eigenvalue weighted by Gasteiger charge is 2.14. The summed E-state index contributed by atoms with van der Waals surface area (Å²) in [5.41, 5.74) is 0.942. The number of hydrogen-bond donors (Lipinski definition) is 1. The van der Waals surface area contributed by atoms with Gasteiger partial charge in [-0.15, -0.1) is 0 Å². The van der Waals surface area contributed by atoms with E-state index in [9.17, 15) is 4.79 Å². The van der Waals surface area contributed by atoms with Gasteiger partial charge in [-0.25, -0.2) is 9.67 Å². The van der Waals surface area contributed by atoms with E-state index in [4.69, 9.17) is 9.47 Å². The minimum atomic E-state index is -0.308. The number of amides is 1. The Morgan fingerprint density at radius 2 is 1.92 bits per heavy atom. The number of halogens is 1. The molecular formula is C17H15BrN4O3. The second-order valence-corrected chi connectivity index (χ2v) is 5.95. The van der Waals surface area contributed by atoms with E-state index in [1.165, 1.54) is 14.2 Å². The van der Waals surface area contributed by atoms with E-state index in [-0.39, 0.29) is 5.91 Å². The van der Waals surface area contributed by atoms with Crippen molar-refractivity contribution in [1.29, 1.82) is 0 Å². The molecule has 0 aliphatic carbocycles. The van der Waals surface area contributed by atoms with E-state index in [1.807, 2.05) is 0 Å². The van der Waals surface area contributed by atoms with Crippen molar-refractivity contribution in [1.82, 2.24) is 14.8 Å². The van der Waals surface area contributed by atoms with Crippen molar-refractivity contribution in [3.63, 3.8) is 0 Å². The van der Waals surface area contributed by atoms with Gasteiger partial charge < -0.3 is 14.8 Å². The molecule has 0 aliphatic heterocycles. The molecule has 0 saturated heterocycles. The molecule has 1 N–H and O–H groups in total. The number of carbonyl (C=O) groups is 1. The summed E-state index contributed by atoms with van der Waals surface area (Å²) in [7, 11) is 3.07. The number of aromatic nitrogens is 3. The molecule has 0 saturated carbocycles. The van der Waals surface area contributed by atoms with E-state index in [0.29, 0.717) is 28.6 Å². The van der Waals surface area contributed by atoms with Crippen LogP contribution in [0.3, 0.4) is 0 Å². The van der Waals surface area contributed by atoms with Crippen LogP contribution in [0.4, 0.5) is 5.69 Å². The number of pyridine rings is 1. The minimum absolute atomic E-state index is 0.308. The van der Waals surface area contributed by atoms with E-state index < -0.39 is 0 Å². The molecule has 0 atom stereocenters. The van der Waals surface area contributed by atoms with Gasteiger partial charge in [-0.3, -0.25) is 4.79 Å². The van der Waals surface area contributed by atoms with Crippen LogP contribution in [0.25, 0.3) is 5.82 Å². The van der Waals surface area contributed by atoms with Gasteiger partial charge in [0.2, 0.25) is 0 Å². The molecule has 8 heteroatoms. The van der Waals surface area contributed by atoms with Gasteiger partial charge in [-0.1, -0.05) is 0 Å². The Hall–Kier alpha value is -2.87. The Balaban J connectivity index is 1.92. The molecule has 3 rings (SSSR count). The lowest BCUT2D eigenvalue weighted by Crippen LogP contribution is -2.15. The predicted molar refractivity (Wildman–Crippen MR) is 96.6 cm³/mol. The van der Waals surface area contributed by atoms with Gasteiger partial charge in [0, 0.05) is 24.0 Å². The molecule has 0 spiro atoms. The van der Waals surface area contributed by atoms with Gasteiger partial charge in [-0.2, -0.15) is 5.10 Å². The van der Waals surface area contributed by atoms with Crippen molar-refractivity contribution < 1.29 is 14.3 Å². The molecular weight excluding hydrogens is 388 g/mol. The maximum absolute atomic E-state index is 12.7. The van der Waals surface area contributed by atoms with E-state index in [2.05, 4.69) is 31.3 Å². The van der Waals surface area contributed by atoms with Crippen molar-refractivity contribution in [3.8, 4) is 17.3 Å². The SMILES string of the molecule is COc1cc(OC)cc(C(=O)Nc2cccnc2-n2cc(Br)cn2)c1. The van der Waals surface area contributed by atoms with Crippen molar-refractivity contribution in [2.45, 2.75) is 0 Å². The number of nitrogens with zero attached hydrogens (tertiary/aromatic N) is 3. The fraction of sp³-hybridized carbons (Fsp3) is 0.118. The Morgan fingerprint density at radius 3 is 2.52 bits per heavy atom. The summed E-state index contributed by atoms with van der Waals surface area (Å²) in [5, 5.41) is 7.05. The van der Waals surface area contributed by atoms with Gasteiger partial charge in [0.1, 0.15) is 11.5 Å². The highest BCUT2D eigenvalue weighted by atomic mass is 79.9. The fourth-order valence-corrected chi connectivity index (χ4v) is 2.51. The van der Waals surface area contributed by atoms with E-state index in [0.717, 1.165) is 4.47 Å². The molecule has 2 aromatic heterocycles. The topological polar surface area (TPSA) is 78.3 Å². The Labute approximate surface area is 152 Å². The predicted octanol–water partition coefficient (Wildman–Crippen LogP) is 3.30. The van der Waals surface area contributed by atoms with Gasteiger partial charge in [0.05, 0.1) is 30.6 Å². The fourth-order valence-electron chi connectivity index (χ4n) is 2.23. The van der Waals surface area contributed by atoms with Gasteiger partial charge in [0.25, 0.3) is 5.91 Å². The van der Waals surface area contributed by atoms with Crippen molar-refractivity contribution in [3.05, 3.63) is 59.0 Å². The maximum Gasteiger partial charge on any atom is 0.256 e. The normalized spacial score (nSPS) is 10.4. The van der Waals surface area contributed by atoms with Crippen LogP contribution in [-0.2, 0) is 0 Å². The van der Waals surface area contributed by atoms with E-state index in [1.54, 1.807) is 53.6 Å². The third-order valence-electron chi connectivity index (χ3n) is 3.42. The number of methoxy groups -OCH3 is 2. The molecule has 0 aliphatic rings. The minimum Gasteiger partial charge on any atom is -0.497 e. The third kappa shape index (κ3) is 3.80. The van der Waals surface area contributed by atoms with Crippen LogP contribution in [0.15, 0.2) is 53.4 Å². The van der Waals surface area contributed by atoms with Gasteiger partial charge in [0.15, 0.2) is 5.82 Å². The number of hydrogen-bond acceptors (Lipinski definition) is 5. The van der Waals surface area contributed by atoms with Gasteiger partial charge in [-0.05, 0) is 40.2 Å². The molecule has 3 aromatic rings. The zero-order chi connectivity index (χ0) is 17.8. The highest BCUT2D eigenvalue weighted by Crippen LogP contribution is 2.24. The Kier molecular flexibility index (Phi) is 4.99. The number of nitrogens with one attached hydrogen (secondary N) is 1. The molecule has 2 heterocycles. The smallest absolute Gasteiger partial charge is 0.256 e. The zero-order valence-electron chi connectivity index (χ0n) is 13.6. The number of carbonyl (C=O) groups excluding carboxylic acids is 1. The molecule has 0 unspecified atom stereocenters. The number of benzene rings is 1. The first-order valence-corrected chi connectivity index (χ1v) is 8.10. The van der Waals surface area contributed by atoms with Crippen LogP contribution < -0.4 is 14.8 Å². The maximum atomic E-state index is 12.7. The molecule has 7 nitrogen and oxygen atoms in total. The lowest BCUT2D eigenvalue weighted by Gasteiger charge is -2.11. The second-order valence-electron chi connectivity index (χ2n) is 5.03. The lowest BCUT2D eigenvalue weighted by atomic mass is 10.2. The summed E-state index contributed by atoms with van der Waals surface area (Å²) >= 11 is 3.35. The summed E-state index contributed by atoms with van der Waals surface area (Å²) < 4.78 is 12.8. The first-order chi connectivity index (χ1) is 12.1. The average molecular weight is 403 g/mol. The van der Waals surface area contributed by atoms with Crippen molar-refractivity contribution in [2.75, 3.05) is 19.5 Å². The molecule has 0 radical (unpaired) electrons. The molecule has 1 aromatic carbocycles. The van der Waals surface area contributed by atoms with Crippen molar-refractivity contribution in [2.24, 2.45) is 0 Å². The third-order valence-corrected chi connectivity index (χ3v) is 3.83. The van der Waals surface area contributed by atoms with Crippen LogP contribution in [0.1, 0.15) is 10.4 Å². The summed E-state index contributed by atoms with van der Waals surface area (Å²) in [5.74, 6) is 1.27. The van der Waals surface area contributed by atoms with Crippen molar-refractivity contribution >= 4 is 27.5 Å². The molecule has 128 valence electrons. The number of ether oxygens (including phenoxy) is 2. The first kappa shape index (κ1) is 17.0. The lowest BCUT2D eigenvalue weighted by molar-refractivity contribution is 0.102. The zero-order valence-corrected chi connectivity index (χ0v) is 15.1. The Bertz CT molecular complexity index is 888.